The molecule has 3 aromatic rings. The fourth-order valence-electron chi connectivity index (χ4n) is 2.59. The summed E-state index contributed by atoms with van der Waals surface area (Å²) in [6, 6.07) is 19.2. The number of hydrogen-bond donors (Lipinski definition) is 2. The Morgan fingerprint density at radius 1 is 0.962 bits per heavy atom. The predicted molar refractivity (Wildman–Crippen MR) is 101 cm³/mol. The van der Waals surface area contributed by atoms with Gasteiger partial charge < -0.3 is 5.32 Å². The molecule has 3 rings (SSSR count). The van der Waals surface area contributed by atoms with Crippen LogP contribution in [0.2, 0.25) is 0 Å². The average Bonchev–Trinajstić information content (AvgIpc) is 2.69. The molecule has 2 N–H and O–H groups in total. The molecule has 0 unspecified atom stereocenters. The highest BCUT2D eigenvalue weighted by Gasteiger charge is 2.11. The molecule has 5 heteroatoms. The highest BCUT2D eigenvalue weighted by Crippen LogP contribution is 2.19. The number of carbonyl (C=O) groups is 1. The molecule has 0 fully saturated rings. The SMILES string of the molecule is Cc1c(NCc2ccncc2)cccc1C(=O)NOCc1ccccc1. The number of nitrogens with one attached hydrogen (secondary N) is 2. The predicted octanol–water partition coefficient (Wildman–Crippen LogP) is 3.86. The third-order valence-electron chi connectivity index (χ3n) is 4.06. The minimum absolute atomic E-state index is 0.258. The molecular formula is C21H21N3O2. The smallest absolute Gasteiger partial charge is 0.275 e. The van der Waals surface area contributed by atoms with Gasteiger partial charge in [0.05, 0.1) is 6.61 Å². The standard InChI is InChI=1S/C21H21N3O2/c1-16-19(21(25)24-26-15-18-6-3-2-4-7-18)8-5-9-20(16)23-14-17-10-12-22-13-11-17/h2-13,23H,14-15H2,1H3,(H,24,25). The second-order valence-corrected chi connectivity index (χ2v) is 5.89. The van der Waals surface area contributed by atoms with Crippen molar-refractivity contribution in [3.8, 4) is 0 Å². The van der Waals surface area contributed by atoms with Crippen molar-refractivity contribution in [1.82, 2.24) is 10.5 Å². The van der Waals surface area contributed by atoms with Crippen LogP contribution in [0.1, 0.15) is 27.0 Å². The minimum Gasteiger partial charge on any atom is -0.381 e. The first-order chi connectivity index (χ1) is 12.7. The molecule has 0 atom stereocenters. The fourth-order valence-corrected chi connectivity index (χ4v) is 2.59. The molecular weight excluding hydrogens is 326 g/mol. The van der Waals surface area contributed by atoms with Gasteiger partial charge >= 0.3 is 0 Å². The quantitative estimate of drug-likeness (QED) is 0.637. The van der Waals surface area contributed by atoms with Crippen molar-refractivity contribution in [2.24, 2.45) is 0 Å². The van der Waals surface area contributed by atoms with Crippen LogP contribution in [-0.4, -0.2) is 10.9 Å². The third kappa shape index (κ3) is 4.68. The van der Waals surface area contributed by atoms with E-state index in [2.05, 4.69) is 15.8 Å². The second kappa shape index (κ2) is 8.78. The van der Waals surface area contributed by atoms with Gasteiger partial charge in [-0.25, -0.2) is 5.48 Å². The Bertz CT molecular complexity index is 852. The van der Waals surface area contributed by atoms with Crippen molar-refractivity contribution in [1.29, 1.82) is 0 Å². The van der Waals surface area contributed by atoms with E-state index in [1.54, 1.807) is 18.5 Å². The zero-order valence-electron chi connectivity index (χ0n) is 14.6. The van der Waals surface area contributed by atoms with E-state index in [0.29, 0.717) is 18.7 Å². The van der Waals surface area contributed by atoms with Crippen molar-refractivity contribution >= 4 is 11.6 Å². The summed E-state index contributed by atoms with van der Waals surface area (Å²) in [5, 5.41) is 3.36. The highest BCUT2D eigenvalue weighted by molar-refractivity contribution is 5.96. The summed E-state index contributed by atoms with van der Waals surface area (Å²) in [6.07, 6.45) is 3.52. The van der Waals surface area contributed by atoms with E-state index >= 15 is 0 Å². The lowest BCUT2D eigenvalue weighted by molar-refractivity contribution is 0.0233. The molecule has 0 saturated heterocycles. The number of benzene rings is 2. The van der Waals surface area contributed by atoms with Crippen LogP contribution >= 0.6 is 0 Å². The first-order valence-corrected chi connectivity index (χ1v) is 8.42. The maximum Gasteiger partial charge on any atom is 0.275 e. The molecule has 1 heterocycles. The fraction of sp³-hybridized carbons (Fsp3) is 0.143. The molecule has 0 aliphatic carbocycles. The van der Waals surface area contributed by atoms with Crippen LogP contribution in [0.25, 0.3) is 0 Å². The number of pyridine rings is 1. The van der Waals surface area contributed by atoms with E-state index in [-0.39, 0.29) is 5.91 Å². The van der Waals surface area contributed by atoms with Crippen LogP contribution in [0.15, 0.2) is 73.1 Å². The van der Waals surface area contributed by atoms with Gasteiger partial charge in [-0.1, -0.05) is 36.4 Å². The highest BCUT2D eigenvalue weighted by atomic mass is 16.6. The Labute approximate surface area is 153 Å². The number of rotatable bonds is 7. The number of carbonyl (C=O) groups excluding carboxylic acids is 1. The van der Waals surface area contributed by atoms with Gasteiger partial charge in [0, 0.05) is 30.2 Å². The lowest BCUT2D eigenvalue weighted by atomic mass is 10.1. The van der Waals surface area contributed by atoms with E-state index in [0.717, 1.165) is 22.4 Å². The maximum absolute atomic E-state index is 12.4. The van der Waals surface area contributed by atoms with Gasteiger partial charge in [-0.15, -0.1) is 0 Å². The molecule has 0 radical (unpaired) electrons. The Balaban J connectivity index is 1.59. The third-order valence-corrected chi connectivity index (χ3v) is 4.06. The van der Waals surface area contributed by atoms with Crippen molar-refractivity contribution in [3.63, 3.8) is 0 Å². The van der Waals surface area contributed by atoms with Gasteiger partial charge in [-0.2, -0.15) is 0 Å². The largest absolute Gasteiger partial charge is 0.381 e. The zero-order valence-corrected chi connectivity index (χ0v) is 14.6. The molecule has 0 spiro atoms. The molecule has 5 nitrogen and oxygen atoms in total. The van der Waals surface area contributed by atoms with Crippen molar-refractivity contribution in [2.75, 3.05) is 5.32 Å². The number of anilines is 1. The number of hydroxylamine groups is 1. The summed E-state index contributed by atoms with van der Waals surface area (Å²) in [4.78, 5) is 21.8. The Morgan fingerprint density at radius 2 is 1.73 bits per heavy atom. The second-order valence-electron chi connectivity index (χ2n) is 5.89. The van der Waals surface area contributed by atoms with Gasteiger partial charge in [0.2, 0.25) is 0 Å². The number of aromatic nitrogens is 1. The van der Waals surface area contributed by atoms with Gasteiger partial charge in [0.1, 0.15) is 0 Å². The summed E-state index contributed by atoms with van der Waals surface area (Å²) >= 11 is 0. The molecule has 0 bridgehead atoms. The van der Waals surface area contributed by atoms with E-state index in [4.69, 9.17) is 4.84 Å². The first kappa shape index (κ1) is 17.6. The van der Waals surface area contributed by atoms with Crippen molar-refractivity contribution < 1.29 is 9.63 Å². The number of nitrogens with zero attached hydrogens (tertiary/aromatic N) is 1. The first-order valence-electron chi connectivity index (χ1n) is 8.42. The summed E-state index contributed by atoms with van der Waals surface area (Å²) in [7, 11) is 0. The van der Waals surface area contributed by atoms with Crippen LogP contribution in [0.3, 0.4) is 0 Å². The van der Waals surface area contributed by atoms with Crippen LogP contribution < -0.4 is 10.8 Å². The van der Waals surface area contributed by atoms with E-state index in [9.17, 15) is 4.79 Å². The van der Waals surface area contributed by atoms with Crippen LogP contribution in [0.4, 0.5) is 5.69 Å². The van der Waals surface area contributed by atoms with E-state index in [1.807, 2.05) is 61.5 Å². The number of amides is 1. The van der Waals surface area contributed by atoms with Gasteiger partial charge in [0.15, 0.2) is 0 Å². The summed E-state index contributed by atoms with van der Waals surface area (Å²) in [5.41, 5.74) is 7.01. The molecule has 1 aromatic heterocycles. The topological polar surface area (TPSA) is 63.2 Å². The van der Waals surface area contributed by atoms with E-state index < -0.39 is 0 Å². The normalized spacial score (nSPS) is 10.3. The van der Waals surface area contributed by atoms with Crippen LogP contribution in [0, 0.1) is 6.92 Å². The van der Waals surface area contributed by atoms with Gasteiger partial charge in [0.25, 0.3) is 5.91 Å². The number of hydrogen-bond acceptors (Lipinski definition) is 4. The van der Waals surface area contributed by atoms with Crippen LogP contribution in [0.5, 0.6) is 0 Å². The Hall–Kier alpha value is -3.18. The average molecular weight is 347 g/mol. The molecule has 2 aromatic carbocycles. The minimum atomic E-state index is -0.258. The maximum atomic E-state index is 12.4. The Kier molecular flexibility index (Phi) is 5.96. The van der Waals surface area contributed by atoms with Crippen LogP contribution in [-0.2, 0) is 18.0 Å². The zero-order chi connectivity index (χ0) is 18.2. The van der Waals surface area contributed by atoms with Gasteiger partial charge in [-0.3, -0.25) is 14.6 Å². The molecule has 0 aliphatic heterocycles. The monoisotopic (exact) mass is 347 g/mol. The molecule has 132 valence electrons. The van der Waals surface area contributed by atoms with Crippen molar-refractivity contribution in [2.45, 2.75) is 20.1 Å². The molecule has 26 heavy (non-hydrogen) atoms. The van der Waals surface area contributed by atoms with E-state index in [1.165, 1.54) is 0 Å². The van der Waals surface area contributed by atoms with Crippen molar-refractivity contribution in [3.05, 3.63) is 95.3 Å². The van der Waals surface area contributed by atoms with Gasteiger partial charge in [-0.05, 0) is 47.9 Å². The lowest BCUT2D eigenvalue weighted by Gasteiger charge is -2.13. The molecule has 0 aliphatic rings. The summed E-state index contributed by atoms with van der Waals surface area (Å²) < 4.78 is 0. The summed E-state index contributed by atoms with van der Waals surface area (Å²) in [5.74, 6) is -0.258. The molecule has 0 saturated carbocycles. The lowest BCUT2D eigenvalue weighted by Crippen LogP contribution is -2.24. The summed E-state index contributed by atoms with van der Waals surface area (Å²) in [6.45, 7) is 2.91. The Morgan fingerprint density at radius 3 is 2.50 bits per heavy atom. The molecule has 1 amide bonds.